The standard InChI is InChI=1S/C8H13NO2S2/c1-8(2,10-3)7-9-5-6(12-7)13-11-4/h5H,1-4H3. The summed E-state index contributed by atoms with van der Waals surface area (Å²) in [5, 5.41) is 0.967. The minimum atomic E-state index is -0.308. The van der Waals surface area contributed by atoms with Gasteiger partial charge in [-0.05, 0) is 13.8 Å². The van der Waals surface area contributed by atoms with E-state index in [0.717, 1.165) is 9.22 Å². The molecule has 0 saturated carbocycles. The molecule has 0 spiro atoms. The van der Waals surface area contributed by atoms with Crippen LogP contribution in [0, 0.1) is 0 Å². The van der Waals surface area contributed by atoms with Crippen LogP contribution in [0.15, 0.2) is 10.4 Å². The lowest BCUT2D eigenvalue weighted by Gasteiger charge is -2.19. The number of methoxy groups -OCH3 is 1. The minimum Gasteiger partial charge on any atom is -0.372 e. The maximum absolute atomic E-state index is 5.31. The third-order valence-electron chi connectivity index (χ3n) is 1.68. The van der Waals surface area contributed by atoms with E-state index in [1.54, 1.807) is 31.8 Å². The molecule has 13 heavy (non-hydrogen) atoms. The molecule has 0 aromatic carbocycles. The van der Waals surface area contributed by atoms with E-state index in [0.29, 0.717) is 0 Å². The fraction of sp³-hybridized carbons (Fsp3) is 0.625. The lowest BCUT2D eigenvalue weighted by atomic mass is 10.1. The Labute approximate surface area is 86.7 Å². The van der Waals surface area contributed by atoms with Gasteiger partial charge in [0.2, 0.25) is 0 Å². The van der Waals surface area contributed by atoms with E-state index in [4.69, 9.17) is 8.92 Å². The number of nitrogens with zero attached hydrogens (tertiary/aromatic N) is 1. The van der Waals surface area contributed by atoms with Gasteiger partial charge in [-0.15, -0.1) is 11.3 Å². The van der Waals surface area contributed by atoms with Gasteiger partial charge in [0.1, 0.15) is 14.8 Å². The summed E-state index contributed by atoms with van der Waals surface area (Å²) in [6, 6.07) is 0. The fourth-order valence-corrected chi connectivity index (χ4v) is 2.31. The highest BCUT2D eigenvalue weighted by Crippen LogP contribution is 2.32. The monoisotopic (exact) mass is 219 g/mol. The number of aromatic nitrogens is 1. The summed E-state index contributed by atoms with van der Waals surface area (Å²) in [7, 11) is 3.33. The van der Waals surface area contributed by atoms with Gasteiger partial charge in [0, 0.05) is 19.2 Å². The largest absolute Gasteiger partial charge is 0.372 e. The summed E-state index contributed by atoms with van der Waals surface area (Å²) in [4.78, 5) is 4.27. The number of hydrogen-bond donors (Lipinski definition) is 0. The Balaban J connectivity index is 2.79. The molecule has 1 aromatic rings. The molecule has 0 aliphatic rings. The first kappa shape index (κ1) is 11.0. The second kappa shape index (κ2) is 4.41. The quantitative estimate of drug-likeness (QED) is 0.729. The zero-order valence-corrected chi connectivity index (χ0v) is 9.79. The first-order chi connectivity index (χ1) is 6.10. The second-order valence-corrected chi connectivity index (χ2v) is 5.18. The Bertz CT molecular complexity index is 273. The average Bonchev–Trinajstić information content (AvgIpc) is 2.54. The number of rotatable bonds is 4. The Morgan fingerprint density at radius 1 is 1.46 bits per heavy atom. The Morgan fingerprint density at radius 3 is 2.69 bits per heavy atom. The van der Waals surface area contributed by atoms with Crippen molar-refractivity contribution in [2.75, 3.05) is 14.2 Å². The van der Waals surface area contributed by atoms with E-state index >= 15 is 0 Å². The molecule has 0 bridgehead atoms. The van der Waals surface area contributed by atoms with E-state index in [-0.39, 0.29) is 5.60 Å². The normalized spacial score (nSPS) is 12.0. The van der Waals surface area contributed by atoms with Crippen LogP contribution in [0.1, 0.15) is 18.9 Å². The first-order valence-electron chi connectivity index (χ1n) is 3.82. The molecule has 0 fully saturated rings. The molecular formula is C8H13NO2S2. The smallest absolute Gasteiger partial charge is 0.125 e. The van der Waals surface area contributed by atoms with Gasteiger partial charge in [0.05, 0.1) is 13.3 Å². The maximum Gasteiger partial charge on any atom is 0.125 e. The molecule has 0 radical (unpaired) electrons. The molecule has 0 unspecified atom stereocenters. The van der Waals surface area contributed by atoms with E-state index in [1.807, 2.05) is 13.8 Å². The number of hydrogen-bond acceptors (Lipinski definition) is 5. The van der Waals surface area contributed by atoms with Crippen LogP contribution < -0.4 is 0 Å². The summed E-state index contributed by atoms with van der Waals surface area (Å²) >= 11 is 2.91. The van der Waals surface area contributed by atoms with Crippen LogP contribution in [0.5, 0.6) is 0 Å². The van der Waals surface area contributed by atoms with E-state index in [1.165, 1.54) is 12.0 Å². The van der Waals surface area contributed by atoms with E-state index < -0.39 is 0 Å². The van der Waals surface area contributed by atoms with Crippen molar-refractivity contribution in [2.45, 2.75) is 23.7 Å². The van der Waals surface area contributed by atoms with Gasteiger partial charge in [-0.3, -0.25) is 0 Å². The van der Waals surface area contributed by atoms with Crippen molar-refractivity contribution in [3.05, 3.63) is 11.2 Å². The average molecular weight is 219 g/mol. The molecule has 5 heteroatoms. The van der Waals surface area contributed by atoms with Crippen molar-refractivity contribution in [3.63, 3.8) is 0 Å². The topological polar surface area (TPSA) is 31.4 Å². The van der Waals surface area contributed by atoms with Crippen molar-refractivity contribution >= 4 is 23.4 Å². The van der Waals surface area contributed by atoms with Gasteiger partial charge >= 0.3 is 0 Å². The van der Waals surface area contributed by atoms with Crippen LogP contribution in [0.25, 0.3) is 0 Å². The van der Waals surface area contributed by atoms with Crippen molar-refractivity contribution in [1.82, 2.24) is 4.98 Å². The SMILES string of the molecule is COSc1cnc(C(C)(C)OC)s1. The zero-order chi connectivity index (χ0) is 9.90. The van der Waals surface area contributed by atoms with E-state index in [2.05, 4.69) is 4.98 Å². The molecular weight excluding hydrogens is 206 g/mol. The Morgan fingerprint density at radius 2 is 2.15 bits per heavy atom. The minimum absolute atomic E-state index is 0.308. The van der Waals surface area contributed by atoms with Crippen LogP contribution in [0.3, 0.4) is 0 Å². The zero-order valence-electron chi connectivity index (χ0n) is 8.16. The first-order valence-corrected chi connectivity index (χ1v) is 5.38. The summed E-state index contributed by atoms with van der Waals surface area (Å²) in [5.41, 5.74) is -0.308. The second-order valence-electron chi connectivity index (χ2n) is 2.95. The number of thiazole rings is 1. The highest BCUT2D eigenvalue weighted by atomic mass is 32.2. The lowest BCUT2D eigenvalue weighted by Crippen LogP contribution is -2.18. The van der Waals surface area contributed by atoms with Gasteiger partial charge in [0.25, 0.3) is 0 Å². The highest BCUT2D eigenvalue weighted by Gasteiger charge is 2.23. The van der Waals surface area contributed by atoms with Crippen molar-refractivity contribution in [2.24, 2.45) is 0 Å². The predicted octanol–water partition coefficient (Wildman–Crippen LogP) is 2.68. The summed E-state index contributed by atoms with van der Waals surface area (Å²) < 4.78 is 11.3. The molecule has 0 saturated heterocycles. The van der Waals surface area contributed by atoms with Crippen LogP contribution in [-0.2, 0) is 14.5 Å². The van der Waals surface area contributed by atoms with Crippen molar-refractivity contribution in [3.8, 4) is 0 Å². The van der Waals surface area contributed by atoms with Crippen molar-refractivity contribution in [1.29, 1.82) is 0 Å². The van der Waals surface area contributed by atoms with Crippen LogP contribution in [0.4, 0.5) is 0 Å². The molecule has 0 N–H and O–H groups in total. The predicted molar refractivity (Wildman–Crippen MR) is 55.0 cm³/mol. The van der Waals surface area contributed by atoms with Crippen LogP contribution >= 0.6 is 23.4 Å². The van der Waals surface area contributed by atoms with Gasteiger partial charge in [-0.25, -0.2) is 4.98 Å². The third kappa shape index (κ3) is 2.67. The third-order valence-corrected chi connectivity index (χ3v) is 3.66. The van der Waals surface area contributed by atoms with Crippen LogP contribution in [0.2, 0.25) is 0 Å². The molecule has 1 heterocycles. The molecule has 0 aliphatic heterocycles. The molecule has 74 valence electrons. The number of ether oxygens (including phenoxy) is 1. The molecule has 3 nitrogen and oxygen atoms in total. The fourth-order valence-electron chi connectivity index (χ4n) is 0.746. The maximum atomic E-state index is 5.31. The summed E-state index contributed by atoms with van der Waals surface area (Å²) in [5.74, 6) is 0. The molecule has 0 amide bonds. The van der Waals surface area contributed by atoms with E-state index in [9.17, 15) is 0 Å². The molecule has 0 aliphatic carbocycles. The van der Waals surface area contributed by atoms with Gasteiger partial charge in [-0.2, -0.15) is 0 Å². The Kier molecular flexibility index (Phi) is 3.73. The van der Waals surface area contributed by atoms with Crippen LogP contribution in [-0.4, -0.2) is 19.2 Å². The van der Waals surface area contributed by atoms with Gasteiger partial charge in [-0.1, -0.05) is 0 Å². The van der Waals surface area contributed by atoms with Gasteiger partial charge < -0.3 is 8.92 Å². The van der Waals surface area contributed by atoms with Crippen molar-refractivity contribution < 1.29 is 8.92 Å². The Hall–Kier alpha value is -0.100. The summed E-state index contributed by atoms with van der Waals surface area (Å²) in [6.45, 7) is 3.99. The molecule has 1 rings (SSSR count). The summed E-state index contributed by atoms with van der Waals surface area (Å²) in [6.07, 6.45) is 1.80. The van der Waals surface area contributed by atoms with Gasteiger partial charge in [0.15, 0.2) is 0 Å². The molecule has 1 aromatic heterocycles. The molecule has 0 atom stereocenters. The lowest BCUT2D eigenvalue weighted by molar-refractivity contribution is 0.0190. The highest BCUT2D eigenvalue weighted by molar-refractivity contribution is 7.96.